The van der Waals surface area contributed by atoms with Gasteiger partial charge >= 0.3 is 0 Å². The van der Waals surface area contributed by atoms with Gasteiger partial charge in [-0.1, -0.05) is 12.1 Å². The molecule has 0 aliphatic rings. The third kappa shape index (κ3) is 4.84. The van der Waals surface area contributed by atoms with Crippen molar-refractivity contribution in [3.05, 3.63) is 53.6 Å². The van der Waals surface area contributed by atoms with Crippen LogP contribution in [0.25, 0.3) is 0 Å². The van der Waals surface area contributed by atoms with Crippen LogP contribution < -0.4 is 15.4 Å². The van der Waals surface area contributed by atoms with Crippen LogP contribution >= 0.6 is 0 Å². The summed E-state index contributed by atoms with van der Waals surface area (Å²) in [6.07, 6.45) is -0.642. The fraction of sp³-hybridized carbons (Fsp3) is 0.263. The molecule has 0 aromatic heterocycles. The van der Waals surface area contributed by atoms with Crippen molar-refractivity contribution < 1.29 is 14.3 Å². The van der Waals surface area contributed by atoms with Crippen LogP contribution in [0.4, 0.5) is 11.4 Å². The summed E-state index contributed by atoms with van der Waals surface area (Å²) in [7, 11) is 0. The van der Waals surface area contributed by atoms with Crippen LogP contribution in [0.2, 0.25) is 0 Å². The van der Waals surface area contributed by atoms with Crippen molar-refractivity contribution in [2.24, 2.45) is 0 Å². The molecule has 126 valence electrons. The zero-order valence-corrected chi connectivity index (χ0v) is 14.3. The van der Waals surface area contributed by atoms with Crippen molar-refractivity contribution in [2.45, 2.75) is 33.8 Å². The summed E-state index contributed by atoms with van der Waals surface area (Å²) in [5.41, 5.74) is 3.52. The minimum absolute atomic E-state index is 0.162. The molecule has 2 aromatic carbocycles. The van der Waals surface area contributed by atoms with Gasteiger partial charge in [0.2, 0.25) is 5.91 Å². The molecule has 24 heavy (non-hydrogen) atoms. The number of hydrogen-bond acceptors (Lipinski definition) is 3. The first-order valence-electron chi connectivity index (χ1n) is 7.77. The number of carbonyl (C=O) groups excluding carboxylic acids is 2. The van der Waals surface area contributed by atoms with Crippen molar-refractivity contribution in [3.63, 3.8) is 0 Å². The van der Waals surface area contributed by atoms with Crippen molar-refractivity contribution in [1.29, 1.82) is 0 Å². The molecule has 0 bridgehead atoms. The molecule has 2 amide bonds. The minimum atomic E-state index is -0.642. The van der Waals surface area contributed by atoms with Gasteiger partial charge in [0, 0.05) is 18.3 Å². The fourth-order valence-corrected chi connectivity index (χ4v) is 2.17. The van der Waals surface area contributed by atoms with Gasteiger partial charge in [-0.3, -0.25) is 9.59 Å². The van der Waals surface area contributed by atoms with E-state index in [9.17, 15) is 9.59 Å². The number of anilines is 2. The van der Waals surface area contributed by atoms with Crippen LogP contribution in [-0.4, -0.2) is 17.9 Å². The number of hydrogen-bond donors (Lipinski definition) is 2. The Kier molecular flexibility index (Phi) is 5.58. The molecule has 0 saturated heterocycles. The Labute approximate surface area is 142 Å². The Hall–Kier alpha value is -2.82. The van der Waals surface area contributed by atoms with E-state index in [0.717, 1.165) is 5.56 Å². The van der Waals surface area contributed by atoms with E-state index in [-0.39, 0.29) is 11.8 Å². The highest BCUT2D eigenvalue weighted by molar-refractivity contribution is 5.95. The van der Waals surface area contributed by atoms with E-state index in [1.165, 1.54) is 12.5 Å². The summed E-state index contributed by atoms with van der Waals surface area (Å²) in [5, 5.41) is 5.46. The highest BCUT2D eigenvalue weighted by atomic mass is 16.5. The van der Waals surface area contributed by atoms with Gasteiger partial charge in [0.15, 0.2) is 6.10 Å². The van der Waals surface area contributed by atoms with E-state index in [4.69, 9.17) is 4.74 Å². The monoisotopic (exact) mass is 326 g/mol. The first kappa shape index (κ1) is 17.5. The van der Waals surface area contributed by atoms with Crippen molar-refractivity contribution in [1.82, 2.24) is 0 Å². The number of carbonyl (C=O) groups is 2. The smallest absolute Gasteiger partial charge is 0.265 e. The number of nitrogens with one attached hydrogen (secondary N) is 2. The summed E-state index contributed by atoms with van der Waals surface area (Å²) >= 11 is 0. The molecule has 2 N–H and O–H groups in total. The predicted octanol–water partition coefficient (Wildman–Crippen LogP) is 3.67. The van der Waals surface area contributed by atoms with Gasteiger partial charge in [-0.15, -0.1) is 0 Å². The first-order valence-corrected chi connectivity index (χ1v) is 7.77. The van der Waals surface area contributed by atoms with E-state index < -0.39 is 6.10 Å². The number of benzene rings is 2. The lowest BCUT2D eigenvalue weighted by atomic mass is 10.1. The number of aryl methyl sites for hydroxylation is 2. The molecule has 5 nitrogen and oxygen atoms in total. The molecular formula is C19H22N2O3. The Morgan fingerprint density at radius 1 is 0.958 bits per heavy atom. The molecule has 0 fully saturated rings. The zero-order chi connectivity index (χ0) is 17.7. The van der Waals surface area contributed by atoms with E-state index >= 15 is 0 Å². The van der Waals surface area contributed by atoms with Gasteiger partial charge < -0.3 is 15.4 Å². The van der Waals surface area contributed by atoms with Gasteiger partial charge in [-0.2, -0.15) is 0 Å². The topological polar surface area (TPSA) is 67.4 Å². The average Bonchev–Trinajstić information content (AvgIpc) is 2.50. The fourth-order valence-electron chi connectivity index (χ4n) is 2.17. The zero-order valence-electron chi connectivity index (χ0n) is 14.3. The molecule has 0 heterocycles. The Morgan fingerprint density at radius 2 is 1.62 bits per heavy atom. The highest BCUT2D eigenvalue weighted by Gasteiger charge is 2.15. The second-order valence-electron chi connectivity index (χ2n) is 5.76. The van der Waals surface area contributed by atoms with Crippen LogP contribution in [0.15, 0.2) is 42.5 Å². The summed E-state index contributed by atoms with van der Waals surface area (Å²) in [4.78, 5) is 23.4. The third-order valence-corrected chi connectivity index (χ3v) is 3.61. The van der Waals surface area contributed by atoms with Crippen LogP contribution in [0.3, 0.4) is 0 Å². The maximum atomic E-state index is 12.3. The van der Waals surface area contributed by atoms with Gasteiger partial charge in [-0.05, 0) is 62.2 Å². The highest BCUT2D eigenvalue weighted by Crippen LogP contribution is 2.19. The quantitative estimate of drug-likeness (QED) is 0.881. The first-order chi connectivity index (χ1) is 11.3. The number of rotatable bonds is 5. The molecule has 0 spiro atoms. The largest absolute Gasteiger partial charge is 0.481 e. The van der Waals surface area contributed by atoms with E-state index in [1.54, 1.807) is 31.2 Å². The van der Waals surface area contributed by atoms with E-state index in [0.29, 0.717) is 17.1 Å². The lowest BCUT2D eigenvalue weighted by Crippen LogP contribution is -2.30. The van der Waals surface area contributed by atoms with Gasteiger partial charge in [0.05, 0.1) is 0 Å². The molecule has 0 saturated carbocycles. The van der Waals surface area contributed by atoms with E-state index in [1.807, 2.05) is 32.0 Å². The maximum absolute atomic E-state index is 12.3. The lowest BCUT2D eigenvalue weighted by molar-refractivity contribution is -0.122. The maximum Gasteiger partial charge on any atom is 0.265 e. The van der Waals surface area contributed by atoms with Gasteiger partial charge in [-0.25, -0.2) is 0 Å². The second kappa shape index (κ2) is 7.64. The SMILES string of the molecule is CC(=O)Nc1cccc(NC(=O)[C@H](C)Oc2ccc(C)c(C)c2)c1. The minimum Gasteiger partial charge on any atom is -0.481 e. The third-order valence-electron chi connectivity index (χ3n) is 3.61. The summed E-state index contributed by atoms with van der Waals surface area (Å²) in [6.45, 7) is 7.16. The van der Waals surface area contributed by atoms with Crippen molar-refractivity contribution >= 4 is 23.2 Å². The molecule has 2 aromatic rings. The standard InChI is InChI=1S/C19H22N2O3/c1-12-8-9-18(10-13(12)2)24-14(3)19(23)21-17-7-5-6-16(11-17)20-15(4)22/h5-11,14H,1-4H3,(H,20,22)(H,21,23)/t14-/m0/s1. The molecule has 0 unspecified atom stereocenters. The summed E-state index contributed by atoms with van der Waals surface area (Å²) in [6, 6.07) is 12.7. The normalized spacial score (nSPS) is 11.5. The summed E-state index contributed by atoms with van der Waals surface area (Å²) < 4.78 is 5.70. The summed E-state index contributed by atoms with van der Waals surface area (Å²) in [5.74, 6) is 0.242. The molecular weight excluding hydrogens is 304 g/mol. The Bertz CT molecular complexity index is 756. The van der Waals surface area contributed by atoms with Crippen molar-refractivity contribution in [2.75, 3.05) is 10.6 Å². The molecule has 0 aliphatic carbocycles. The van der Waals surface area contributed by atoms with Crippen LogP contribution in [-0.2, 0) is 9.59 Å². The molecule has 1 atom stereocenters. The number of ether oxygens (including phenoxy) is 1. The lowest BCUT2D eigenvalue weighted by Gasteiger charge is -2.16. The van der Waals surface area contributed by atoms with Crippen molar-refractivity contribution in [3.8, 4) is 5.75 Å². The molecule has 5 heteroatoms. The molecule has 2 rings (SSSR count). The van der Waals surface area contributed by atoms with E-state index in [2.05, 4.69) is 10.6 Å². The Balaban J connectivity index is 2.00. The second-order valence-corrected chi connectivity index (χ2v) is 5.76. The van der Waals surface area contributed by atoms with Gasteiger partial charge in [0.25, 0.3) is 5.91 Å². The van der Waals surface area contributed by atoms with Crippen LogP contribution in [0, 0.1) is 13.8 Å². The number of amides is 2. The van der Waals surface area contributed by atoms with Gasteiger partial charge in [0.1, 0.15) is 5.75 Å². The van der Waals surface area contributed by atoms with Crippen LogP contribution in [0.5, 0.6) is 5.75 Å². The van der Waals surface area contributed by atoms with Crippen LogP contribution in [0.1, 0.15) is 25.0 Å². The molecule has 0 aliphatic heterocycles. The Morgan fingerprint density at radius 3 is 2.25 bits per heavy atom. The molecule has 0 radical (unpaired) electrons. The predicted molar refractivity (Wildman–Crippen MR) is 95.4 cm³/mol. The average molecular weight is 326 g/mol.